The maximum atomic E-state index is 11.8. The highest BCUT2D eigenvalue weighted by molar-refractivity contribution is 7.16. The summed E-state index contributed by atoms with van der Waals surface area (Å²) in [5.41, 5.74) is 7.54. The number of anilines is 1. The standard InChI is InChI=1S/C11H18N2OS/c1-5-8-7(4)9(10(12)15-8)11(14)13-6(2)3/h6H,5,12H2,1-4H3,(H,13,14). The molecule has 84 valence electrons. The van der Waals surface area contributed by atoms with E-state index in [2.05, 4.69) is 12.2 Å². The van der Waals surface area contributed by atoms with Crippen LogP contribution in [0.5, 0.6) is 0 Å². The lowest BCUT2D eigenvalue weighted by molar-refractivity contribution is 0.0944. The first kappa shape index (κ1) is 12.0. The average molecular weight is 226 g/mol. The van der Waals surface area contributed by atoms with Gasteiger partial charge in [0.15, 0.2) is 0 Å². The van der Waals surface area contributed by atoms with Crippen molar-refractivity contribution in [3.63, 3.8) is 0 Å². The zero-order valence-electron chi connectivity index (χ0n) is 9.68. The first-order valence-corrected chi connectivity index (χ1v) is 5.97. The topological polar surface area (TPSA) is 55.1 Å². The van der Waals surface area contributed by atoms with Crippen molar-refractivity contribution in [2.24, 2.45) is 0 Å². The lowest BCUT2D eigenvalue weighted by atomic mass is 10.1. The fourth-order valence-corrected chi connectivity index (χ4v) is 2.55. The van der Waals surface area contributed by atoms with Crippen molar-refractivity contribution in [1.82, 2.24) is 5.32 Å². The van der Waals surface area contributed by atoms with E-state index in [9.17, 15) is 4.79 Å². The van der Waals surface area contributed by atoms with Crippen molar-refractivity contribution in [3.8, 4) is 0 Å². The van der Waals surface area contributed by atoms with E-state index in [1.165, 1.54) is 16.2 Å². The third kappa shape index (κ3) is 2.50. The fraction of sp³-hybridized carbons (Fsp3) is 0.545. The number of carbonyl (C=O) groups is 1. The summed E-state index contributed by atoms with van der Waals surface area (Å²) in [5.74, 6) is -0.0593. The minimum atomic E-state index is -0.0593. The molecule has 1 aromatic rings. The summed E-state index contributed by atoms with van der Waals surface area (Å²) in [6.07, 6.45) is 0.926. The quantitative estimate of drug-likeness (QED) is 0.831. The van der Waals surface area contributed by atoms with Crippen molar-refractivity contribution >= 4 is 22.2 Å². The first-order chi connectivity index (χ1) is 6.97. The number of rotatable bonds is 3. The van der Waals surface area contributed by atoms with Gasteiger partial charge < -0.3 is 11.1 Å². The Labute approximate surface area is 94.7 Å². The van der Waals surface area contributed by atoms with Crippen LogP contribution in [0.4, 0.5) is 5.00 Å². The molecular weight excluding hydrogens is 208 g/mol. The number of carbonyl (C=O) groups excluding carboxylic acids is 1. The molecule has 0 unspecified atom stereocenters. The number of aryl methyl sites for hydroxylation is 1. The number of thiophene rings is 1. The van der Waals surface area contributed by atoms with Crippen LogP contribution in [-0.2, 0) is 6.42 Å². The van der Waals surface area contributed by atoms with Crippen molar-refractivity contribution in [3.05, 3.63) is 16.0 Å². The molecule has 0 atom stereocenters. The summed E-state index contributed by atoms with van der Waals surface area (Å²) in [7, 11) is 0. The molecule has 3 N–H and O–H groups in total. The van der Waals surface area contributed by atoms with Crippen molar-refractivity contribution in [2.45, 2.75) is 40.2 Å². The van der Waals surface area contributed by atoms with Crippen LogP contribution in [0.3, 0.4) is 0 Å². The van der Waals surface area contributed by atoms with Gasteiger partial charge >= 0.3 is 0 Å². The Kier molecular flexibility index (Phi) is 3.74. The molecule has 1 amide bonds. The Morgan fingerprint density at radius 1 is 1.53 bits per heavy atom. The van der Waals surface area contributed by atoms with E-state index >= 15 is 0 Å². The van der Waals surface area contributed by atoms with Gasteiger partial charge in [-0.15, -0.1) is 11.3 Å². The fourth-order valence-electron chi connectivity index (χ4n) is 1.54. The van der Waals surface area contributed by atoms with Gasteiger partial charge in [-0.3, -0.25) is 4.79 Å². The third-order valence-electron chi connectivity index (χ3n) is 2.24. The summed E-state index contributed by atoms with van der Waals surface area (Å²) < 4.78 is 0. The number of amides is 1. The smallest absolute Gasteiger partial charge is 0.254 e. The normalized spacial score (nSPS) is 10.7. The first-order valence-electron chi connectivity index (χ1n) is 5.16. The van der Waals surface area contributed by atoms with Crippen LogP contribution in [0.15, 0.2) is 0 Å². The SMILES string of the molecule is CCc1sc(N)c(C(=O)NC(C)C)c1C. The maximum absolute atomic E-state index is 11.8. The minimum absolute atomic E-state index is 0.0593. The number of nitrogens with one attached hydrogen (secondary N) is 1. The van der Waals surface area contributed by atoms with Gasteiger partial charge in [-0.05, 0) is 32.8 Å². The van der Waals surface area contributed by atoms with Gasteiger partial charge in [0, 0.05) is 10.9 Å². The molecule has 1 heterocycles. The molecule has 0 saturated heterocycles. The van der Waals surface area contributed by atoms with E-state index in [4.69, 9.17) is 5.73 Å². The molecule has 0 aliphatic heterocycles. The van der Waals surface area contributed by atoms with E-state index in [0.717, 1.165) is 12.0 Å². The van der Waals surface area contributed by atoms with Gasteiger partial charge in [0.2, 0.25) is 0 Å². The molecule has 3 nitrogen and oxygen atoms in total. The van der Waals surface area contributed by atoms with Crippen LogP contribution >= 0.6 is 11.3 Å². The van der Waals surface area contributed by atoms with Gasteiger partial charge in [0.25, 0.3) is 5.91 Å². The molecule has 0 spiro atoms. The minimum Gasteiger partial charge on any atom is -0.390 e. The Morgan fingerprint density at radius 3 is 2.53 bits per heavy atom. The maximum Gasteiger partial charge on any atom is 0.254 e. The summed E-state index contributed by atoms with van der Waals surface area (Å²) in [6.45, 7) is 7.91. The number of nitrogens with two attached hydrogens (primary N) is 1. The zero-order chi connectivity index (χ0) is 11.6. The van der Waals surface area contributed by atoms with E-state index in [1.807, 2.05) is 20.8 Å². The predicted octanol–water partition coefficient (Wildman–Crippen LogP) is 2.34. The highest BCUT2D eigenvalue weighted by atomic mass is 32.1. The molecular formula is C11H18N2OS. The van der Waals surface area contributed by atoms with Crippen LogP contribution in [0.25, 0.3) is 0 Å². The Hall–Kier alpha value is -1.03. The lowest BCUT2D eigenvalue weighted by Crippen LogP contribution is -2.30. The van der Waals surface area contributed by atoms with Gasteiger partial charge in [-0.25, -0.2) is 0 Å². The van der Waals surface area contributed by atoms with Crippen LogP contribution in [-0.4, -0.2) is 11.9 Å². The molecule has 0 radical (unpaired) electrons. The van der Waals surface area contributed by atoms with Gasteiger partial charge in [-0.2, -0.15) is 0 Å². The Balaban J connectivity index is 3.03. The monoisotopic (exact) mass is 226 g/mol. The molecule has 1 aromatic heterocycles. The molecule has 15 heavy (non-hydrogen) atoms. The van der Waals surface area contributed by atoms with Crippen LogP contribution in [0.2, 0.25) is 0 Å². The summed E-state index contributed by atoms with van der Waals surface area (Å²) >= 11 is 1.51. The second-order valence-electron chi connectivity index (χ2n) is 3.87. The third-order valence-corrected chi connectivity index (χ3v) is 3.51. The summed E-state index contributed by atoms with van der Waals surface area (Å²) in [4.78, 5) is 13.0. The van der Waals surface area contributed by atoms with Crippen LogP contribution in [0.1, 0.15) is 41.6 Å². The van der Waals surface area contributed by atoms with E-state index in [-0.39, 0.29) is 11.9 Å². The van der Waals surface area contributed by atoms with Gasteiger partial charge in [0.1, 0.15) is 0 Å². The lowest BCUT2D eigenvalue weighted by Gasteiger charge is -2.08. The molecule has 0 fully saturated rings. The zero-order valence-corrected chi connectivity index (χ0v) is 10.5. The average Bonchev–Trinajstić information content (AvgIpc) is 2.40. The molecule has 0 aromatic carbocycles. The molecule has 4 heteroatoms. The number of hydrogen-bond donors (Lipinski definition) is 2. The molecule has 0 aliphatic rings. The molecule has 0 bridgehead atoms. The highest BCUT2D eigenvalue weighted by Crippen LogP contribution is 2.30. The van der Waals surface area contributed by atoms with Crippen molar-refractivity contribution in [2.75, 3.05) is 5.73 Å². The van der Waals surface area contributed by atoms with Crippen LogP contribution < -0.4 is 11.1 Å². The van der Waals surface area contributed by atoms with E-state index in [1.54, 1.807) is 0 Å². The molecule has 1 rings (SSSR count). The largest absolute Gasteiger partial charge is 0.390 e. The van der Waals surface area contributed by atoms with E-state index in [0.29, 0.717) is 10.6 Å². The summed E-state index contributed by atoms with van der Waals surface area (Å²) in [6, 6.07) is 0.140. The number of hydrogen-bond acceptors (Lipinski definition) is 3. The number of nitrogen functional groups attached to an aromatic ring is 1. The molecule has 0 aliphatic carbocycles. The highest BCUT2D eigenvalue weighted by Gasteiger charge is 2.18. The van der Waals surface area contributed by atoms with Crippen molar-refractivity contribution < 1.29 is 4.79 Å². The van der Waals surface area contributed by atoms with Crippen molar-refractivity contribution in [1.29, 1.82) is 0 Å². The van der Waals surface area contributed by atoms with Gasteiger partial charge in [0.05, 0.1) is 10.6 Å². The second-order valence-corrected chi connectivity index (χ2v) is 5.01. The van der Waals surface area contributed by atoms with Crippen LogP contribution in [0, 0.1) is 6.92 Å². The second kappa shape index (κ2) is 4.66. The van der Waals surface area contributed by atoms with E-state index < -0.39 is 0 Å². The van der Waals surface area contributed by atoms with Gasteiger partial charge in [-0.1, -0.05) is 6.92 Å². The Bertz CT molecular complexity index is 369. The molecule has 0 saturated carbocycles. The summed E-state index contributed by atoms with van der Waals surface area (Å²) in [5, 5.41) is 3.49. The Morgan fingerprint density at radius 2 is 2.13 bits per heavy atom. The predicted molar refractivity (Wildman–Crippen MR) is 65.4 cm³/mol.